The Labute approximate surface area is 148 Å². The number of pyridine rings is 1. The summed E-state index contributed by atoms with van der Waals surface area (Å²) in [5.74, 6) is 2.26. The molecule has 1 saturated heterocycles. The second-order valence-corrected chi connectivity index (χ2v) is 7.59. The van der Waals surface area contributed by atoms with Crippen LogP contribution in [0.3, 0.4) is 0 Å². The quantitative estimate of drug-likeness (QED) is 0.857. The average molecular weight is 341 g/mol. The number of amides is 1. The fourth-order valence-corrected chi connectivity index (χ4v) is 4.05. The van der Waals surface area contributed by atoms with Crippen LogP contribution in [0.4, 0.5) is 5.95 Å². The molecule has 2 fully saturated rings. The molecule has 0 N–H and O–H groups in total. The van der Waals surface area contributed by atoms with Gasteiger partial charge in [-0.2, -0.15) is 0 Å². The highest BCUT2D eigenvalue weighted by molar-refractivity contribution is 5.79. The third-order valence-corrected chi connectivity index (χ3v) is 5.86. The Morgan fingerprint density at radius 3 is 2.68 bits per heavy atom. The Morgan fingerprint density at radius 2 is 2.04 bits per heavy atom. The van der Waals surface area contributed by atoms with Crippen LogP contribution in [0.2, 0.25) is 0 Å². The summed E-state index contributed by atoms with van der Waals surface area (Å²) in [6.45, 7) is 2.88. The molecular formula is C19H27N5O. The smallest absolute Gasteiger partial charge is 0.225 e. The monoisotopic (exact) mass is 341 g/mol. The van der Waals surface area contributed by atoms with Gasteiger partial charge in [-0.25, -0.2) is 9.97 Å². The Bertz CT molecular complexity index is 758. The number of piperidine rings is 1. The number of aromatic nitrogens is 3. The highest BCUT2D eigenvalue weighted by Crippen LogP contribution is 2.29. The van der Waals surface area contributed by atoms with Crippen LogP contribution < -0.4 is 4.90 Å². The minimum Gasteiger partial charge on any atom is -0.345 e. The lowest BCUT2D eigenvalue weighted by atomic mass is 9.84. The van der Waals surface area contributed by atoms with E-state index < -0.39 is 0 Å². The number of imidazole rings is 1. The van der Waals surface area contributed by atoms with E-state index in [1.54, 1.807) is 0 Å². The molecule has 25 heavy (non-hydrogen) atoms. The molecule has 1 saturated carbocycles. The number of fused-ring (bicyclic) bond motifs is 1. The molecule has 0 atom stereocenters. The molecule has 4 rings (SSSR count). The Hall–Kier alpha value is -2.11. The molecule has 2 aromatic rings. The van der Waals surface area contributed by atoms with E-state index >= 15 is 0 Å². The molecule has 0 radical (unpaired) electrons. The molecule has 2 aromatic heterocycles. The summed E-state index contributed by atoms with van der Waals surface area (Å²) in [5, 5.41) is 0. The van der Waals surface area contributed by atoms with Crippen LogP contribution in [0.1, 0.15) is 32.1 Å². The molecule has 0 spiro atoms. The first-order valence-corrected chi connectivity index (χ1v) is 9.41. The summed E-state index contributed by atoms with van der Waals surface area (Å²) in [7, 11) is 4.01. The zero-order valence-corrected chi connectivity index (χ0v) is 15.2. The van der Waals surface area contributed by atoms with E-state index in [9.17, 15) is 4.79 Å². The molecule has 134 valence electrons. The molecule has 2 aliphatic rings. The van der Waals surface area contributed by atoms with Crippen LogP contribution in [0, 0.1) is 11.8 Å². The SMILES string of the molecule is CN(CC1CCN(c2nc3cccnc3n2C)CC1)C(=O)C1CCC1. The molecule has 1 aliphatic heterocycles. The maximum absolute atomic E-state index is 12.3. The second kappa shape index (κ2) is 6.65. The first-order valence-electron chi connectivity index (χ1n) is 9.41. The zero-order valence-electron chi connectivity index (χ0n) is 15.2. The van der Waals surface area contributed by atoms with Gasteiger partial charge in [-0.05, 0) is 43.7 Å². The molecular weight excluding hydrogens is 314 g/mol. The van der Waals surface area contributed by atoms with Gasteiger partial charge >= 0.3 is 0 Å². The van der Waals surface area contributed by atoms with E-state index in [1.165, 1.54) is 6.42 Å². The normalized spacial score (nSPS) is 19.2. The highest BCUT2D eigenvalue weighted by atomic mass is 16.2. The van der Waals surface area contributed by atoms with Crippen molar-refractivity contribution >= 4 is 23.0 Å². The van der Waals surface area contributed by atoms with Crippen LogP contribution in [-0.2, 0) is 11.8 Å². The zero-order chi connectivity index (χ0) is 17.4. The fraction of sp³-hybridized carbons (Fsp3) is 0.632. The van der Waals surface area contributed by atoms with Gasteiger partial charge < -0.3 is 9.80 Å². The summed E-state index contributed by atoms with van der Waals surface area (Å²) in [4.78, 5) is 25.8. The maximum Gasteiger partial charge on any atom is 0.225 e. The molecule has 6 heteroatoms. The van der Waals surface area contributed by atoms with Gasteiger partial charge in [0.15, 0.2) is 5.65 Å². The predicted octanol–water partition coefficient (Wildman–Crippen LogP) is 2.44. The first-order chi connectivity index (χ1) is 12.1. The second-order valence-electron chi connectivity index (χ2n) is 7.59. The van der Waals surface area contributed by atoms with Crippen molar-refractivity contribution in [3.8, 4) is 0 Å². The van der Waals surface area contributed by atoms with Gasteiger partial charge in [-0.1, -0.05) is 6.42 Å². The lowest BCUT2D eigenvalue weighted by Crippen LogP contribution is -2.42. The molecule has 6 nitrogen and oxygen atoms in total. The Kier molecular flexibility index (Phi) is 4.36. The number of nitrogens with zero attached hydrogens (tertiary/aromatic N) is 5. The highest BCUT2D eigenvalue weighted by Gasteiger charge is 2.30. The number of carbonyl (C=O) groups excluding carboxylic acids is 1. The first kappa shape index (κ1) is 16.4. The summed E-state index contributed by atoms with van der Waals surface area (Å²) in [6.07, 6.45) is 7.42. The fourth-order valence-electron chi connectivity index (χ4n) is 4.05. The third kappa shape index (κ3) is 3.10. The lowest BCUT2D eigenvalue weighted by molar-refractivity contribution is -0.137. The number of hydrogen-bond donors (Lipinski definition) is 0. The minimum atomic E-state index is 0.303. The Morgan fingerprint density at radius 1 is 1.28 bits per heavy atom. The molecule has 3 heterocycles. The van der Waals surface area contributed by atoms with Crippen molar-refractivity contribution in [1.82, 2.24) is 19.4 Å². The number of aryl methyl sites for hydroxylation is 1. The maximum atomic E-state index is 12.3. The van der Waals surface area contributed by atoms with Crippen LogP contribution >= 0.6 is 0 Å². The van der Waals surface area contributed by atoms with Gasteiger partial charge in [0, 0.05) is 45.8 Å². The van der Waals surface area contributed by atoms with E-state index in [0.717, 1.165) is 62.4 Å². The van der Waals surface area contributed by atoms with Crippen molar-refractivity contribution < 1.29 is 4.79 Å². The number of rotatable bonds is 4. The third-order valence-electron chi connectivity index (χ3n) is 5.86. The summed E-state index contributed by atoms with van der Waals surface area (Å²) < 4.78 is 2.09. The molecule has 1 aliphatic carbocycles. The van der Waals surface area contributed by atoms with E-state index in [1.807, 2.05) is 37.3 Å². The van der Waals surface area contributed by atoms with Crippen LogP contribution in [0.15, 0.2) is 18.3 Å². The molecule has 1 amide bonds. The minimum absolute atomic E-state index is 0.303. The molecule has 0 bridgehead atoms. The van der Waals surface area contributed by atoms with Crippen molar-refractivity contribution in [1.29, 1.82) is 0 Å². The van der Waals surface area contributed by atoms with Crippen molar-refractivity contribution in [3.63, 3.8) is 0 Å². The topological polar surface area (TPSA) is 54.3 Å². The van der Waals surface area contributed by atoms with Crippen LogP contribution in [0.5, 0.6) is 0 Å². The average Bonchev–Trinajstić information content (AvgIpc) is 2.91. The number of carbonyl (C=O) groups is 1. The van der Waals surface area contributed by atoms with Gasteiger partial charge in [0.2, 0.25) is 11.9 Å². The van der Waals surface area contributed by atoms with E-state index in [0.29, 0.717) is 17.7 Å². The van der Waals surface area contributed by atoms with Gasteiger partial charge in [0.1, 0.15) is 5.52 Å². The standard InChI is InChI=1S/C19H27N5O/c1-22(18(25)15-5-3-6-15)13-14-8-11-24(12-9-14)19-21-16-7-4-10-20-17(16)23(19)2/h4,7,10,14-15H,3,5-6,8-9,11-13H2,1-2H3. The summed E-state index contributed by atoms with van der Waals surface area (Å²) >= 11 is 0. The van der Waals surface area contributed by atoms with Crippen molar-refractivity contribution in [2.45, 2.75) is 32.1 Å². The van der Waals surface area contributed by atoms with Gasteiger partial charge in [0.05, 0.1) is 0 Å². The van der Waals surface area contributed by atoms with Crippen molar-refractivity contribution in [2.24, 2.45) is 18.9 Å². The lowest BCUT2D eigenvalue weighted by Gasteiger charge is -2.36. The number of hydrogen-bond acceptors (Lipinski definition) is 4. The van der Waals surface area contributed by atoms with E-state index in [-0.39, 0.29) is 0 Å². The van der Waals surface area contributed by atoms with Crippen LogP contribution in [0.25, 0.3) is 11.2 Å². The van der Waals surface area contributed by atoms with Gasteiger partial charge in [-0.3, -0.25) is 9.36 Å². The summed E-state index contributed by atoms with van der Waals surface area (Å²) in [5.41, 5.74) is 1.89. The van der Waals surface area contributed by atoms with Crippen molar-refractivity contribution in [3.05, 3.63) is 18.3 Å². The van der Waals surface area contributed by atoms with E-state index in [4.69, 9.17) is 4.98 Å². The Balaban J connectivity index is 1.36. The van der Waals surface area contributed by atoms with E-state index in [2.05, 4.69) is 14.5 Å². The predicted molar refractivity (Wildman–Crippen MR) is 98.4 cm³/mol. The molecule has 0 aromatic carbocycles. The van der Waals surface area contributed by atoms with Gasteiger partial charge in [-0.15, -0.1) is 0 Å². The summed E-state index contributed by atoms with van der Waals surface area (Å²) in [6, 6.07) is 3.94. The molecule has 0 unspecified atom stereocenters. The largest absolute Gasteiger partial charge is 0.345 e. The van der Waals surface area contributed by atoms with Crippen LogP contribution in [-0.4, -0.2) is 52.0 Å². The van der Waals surface area contributed by atoms with Gasteiger partial charge in [0.25, 0.3) is 0 Å². The van der Waals surface area contributed by atoms with Crippen molar-refractivity contribution in [2.75, 3.05) is 31.6 Å². The number of anilines is 1.